The van der Waals surface area contributed by atoms with E-state index in [9.17, 15) is 22.8 Å². The van der Waals surface area contributed by atoms with E-state index in [0.717, 1.165) is 22.2 Å². The molecule has 1 amide bonds. The average Bonchev–Trinajstić information content (AvgIpc) is 2.82. The molecule has 0 bridgehead atoms. The molecule has 8 heteroatoms. The van der Waals surface area contributed by atoms with E-state index in [4.69, 9.17) is 0 Å². The zero-order valence-electron chi connectivity index (χ0n) is 19.3. The normalized spacial score (nSPS) is 15.6. The first-order valence-electron chi connectivity index (χ1n) is 11.5. The standard InChI is InChI=1S/C26H28F3N3O2/c1-3-32-23-10-9-19(25(34)30(2)20-7-5-4-6-8-20)15-22(23)21(16-24(32)33)18-11-13-31(14-12-18)17-26(27,28)29/h4-10,15-16,18H,3,11-14,17H2,1-2H3. The van der Waals surface area contributed by atoms with Gasteiger partial charge in [-0.15, -0.1) is 0 Å². The fraction of sp³-hybridized carbons (Fsp3) is 0.385. The lowest BCUT2D eigenvalue weighted by Crippen LogP contribution is -2.39. The van der Waals surface area contributed by atoms with Crippen molar-refractivity contribution in [2.75, 3.05) is 31.6 Å². The minimum atomic E-state index is -4.22. The highest BCUT2D eigenvalue weighted by Crippen LogP contribution is 2.34. The number of aromatic nitrogens is 1. The molecule has 0 unspecified atom stereocenters. The molecule has 0 saturated carbocycles. The summed E-state index contributed by atoms with van der Waals surface area (Å²) in [5.74, 6) is -0.211. The minimum Gasteiger partial charge on any atom is -0.311 e. The lowest BCUT2D eigenvalue weighted by molar-refractivity contribution is -0.147. The molecule has 1 aromatic heterocycles. The summed E-state index contributed by atoms with van der Waals surface area (Å²) >= 11 is 0. The van der Waals surface area contributed by atoms with Gasteiger partial charge in [-0.1, -0.05) is 18.2 Å². The van der Waals surface area contributed by atoms with E-state index in [2.05, 4.69) is 0 Å². The van der Waals surface area contributed by atoms with Crippen LogP contribution in [0.2, 0.25) is 0 Å². The number of aryl methyl sites for hydroxylation is 1. The summed E-state index contributed by atoms with van der Waals surface area (Å²) in [5, 5.41) is 0.808. The first kappa shape index (κ1) is 24.0. The van der Waals surface area contributed by atoms with Gasteiger partial charge in [-0.05, 0) is 74.7 Å². The monoisotopic (exact) mass is 471 g/mol. The zero-order valence-corrected chi connectivity index (χ0v) is 19.3. The number of halogens is 3. The number of hydrogen-bond donors (Lipinski definition) is 0. The average molecular weight is 472 g/mol. The molecule has 5 nitrogen and oxygen atoms in total. The van der Waals surface area contributed by atoms with Crippen molar-refractivity contribution in [2.24, 2.45) is 0 Å². The third-order valence-electron chi connectivity index (χ3n) is 6.58. The van der Waals surface area contributed by atoms with Crippen molar-refractivity contribution in [2.45, 2.75) is 38.4 Å². The zero-order chi connectivity index (χ0) is 24.5. The highest BCUT2D eigenvalue weighted by Gasteiger charge is 2.33. The van der Waals surface area contributed by atoms with Crippen molar-refractivity contribution >= 4 is 22.5 Å². The van der Waals surface area contributed by atoms with Crippen LogP contribution in [0.1, 0.15) is 41.6 Å². The predicted molar refractivity (Wildman–Crippen MR) is 128 cm³/mol. The molecule has 0 radical (unpaired) electrons. The van der Waals surface area contributed by atoms with Crippen LogP contribution in [0, 0.1) is 0 Å². The van der Waals surface area contributed by atoms with Gasteiger partial charge >= 0.3 is 6.18 Å². The van der Waals surface area contributed by atoms with Crippen molar-refractivity contribution in [3.8, 4) is 0 Å². The third-order valence-corrected chi connectivity index (χ3v) is 6.58. The highest BCUT2D eigenvalue weighted by molar-refractivity contribution is 6.07. The molecule has 3 aromatic rings. The fourth-order valence-corrected chi connectivity index (χ4v) is 4.83. The van der Waals surface area contributed by atoms with E-state index < -0.39 is 12.7 Å². The summed E-state index contributed by atoms with van der Waals surface area (Å²) in [4.78, 5) is 29.0. The SMILES string of the molecule is CCn1c(=O)cc(C2CCN(CC(F)(F)F)CC2)c2cc(C(=O)N(C)c3ccccc3)ccc21. The molecule has 180 valence electrons. The molecule has 2 heterocycles. The second kappa shape index (κ2) is 9.62. The summed E-state index contributed by atoms with van der Waals surface area (Å²) in [6.45, 7) is 2.09. The van der Waals surface area contributed by atoms with Gasteiger partial charge in [0, 0.05) is 36.3 Å². The van der Waals surface area contributed by atoms with Gasteiger partial charge in [-0.25, -0.2) is 0 Å². The van der Waals surface area contributed by atoms with Crippen LogP contribution < -0.4 is 10.5 Å². The Morgan fingerprint density at radius 2 is 1.74 bits per heavy atom. The second-order valence-corrected chi connectivity index (χ2v) is 8.78. The van der Waals surface area contributed by atoms with E-state index in [0.29, 0.717) is 38.0 Å². The second-order valence-electron chi connectivity index (χ2n) is 8.78. The Balaban J connectivity index is 1.70. The van der Waals surface area contributed by atoms with Gasteiger partial charge in [0.05, 0.1) is 12.1 Å². The van der Waals surface area contributed by atoms with Crippen LogP contribution in [-0.2, 0) is 6.54 Å². The number of para-hydroxylation sites is 1. The van der Waals surface area contributed by atoms with Gasteiger partial charge in [0.25, 0.3) is 11.5 Å². The number of hydrogen-bond acceptors (Lipinski definition) is 3. The minimum absolute atomic E-state index is 0.0385. The smallest absolute Gasteiger partial charge is 0.311 e. The molecular formula is C26H28F3N3O2. The molecule has 2 aromatic carbocycles. The van der Waals surface area contributed by atoms with Crippen molar-refractivity contribution in [1.82, 2.24) is 9.47 Å². The maximum atomic E-state index is 13.2. The van der Waals surface area contributed by atoms with Crippen molar-refractivity contribution in [3.63, 3.8) is 0 Å². The van der Waals surface area contributed by atoms with E-state index >= 15 is 0 Å². The largest absolute Gasteiger partial charge is 0.401 e. The number of amides is 1. The quantitative estimate of drug-likeness (QED) is 0.524. The van der Waals surface area contributed by atoms with Crippen LogP contribution in [0.4, 0.5) is 18.9 Å². The maximum absolute atomic E-state index is 13.2. The Bertz CT molecular complexity index is 1230. The van der Waals surface area contributed by atoms with Gasteiger partial charge in [0.1, 0.15) is 0 Å². The summed E-state index contributed by atoms with van der Waals surface area (Å²) < 4.78 is 40.0. The highest BCUT2D eigenvalue weighted by atomic mass is 19.4. The molecule has 1 aliphatic rings. The molecule has 34 heavy (non-hydrogen) atoms. The lowest BCUT2D eigenvalue weighted by Gasteiger charge is -2.33. The number of alkyl halides is 3. The number of anilines is 1. The first-order valence-corrected chi connectivity index (χ1v) is 11.5. The molecule has 0 N–H and O–H groups in total. The number of carbonyl (C=O) groups is 1. The van der Waals surface area contributed by atoms with Crippen LogP contribution in [0.5, 0.6) is 0 Å². The lowest BCUT2D eigenvalue weighted by atomic mass is 9.87. The molecular weight excluding hydrogens is 443 g/mol. The van der Waals surface area contributed by atoms with E-state index in [1.165, 1.54) is 4.90 Å². The first-order chi connectivity index (χ1) is 16.2. The Hall–Kier alpha value is -3.13. The number of likely N-dealkylation sites (tertiary alicyclic amines) is 1. The van der Waals surface area contributed by atoms with E-state index in [1.54, 1.807) is 34.7 Å². The fourth-order valence-electron chi connectivity index (χ4n) is 4.83. The number of benzene rings is 2. The molecule has 1 fully saturated rings. The Labute approximate surface area is 196 Å². The van der Waals surface area contributed by atoms with Gasteiger partial charge in [0.15, 0.2) is 0 Å². The molecule has 4 rings (SSSR count). The molecule has 1 aliphatic heterocycles. The number of fused-ring (bicyclic) bond motifs is 1. The number of rotatable bonds is 5. The summed E-state index contributed by atoms with van der Waals surface area (Å²) in [6.07, 6.45) is -3.16. The van der Waals surface area contributed by atoms with E-state index in [1.807, 2.05) is 43.3 Å². The molecule has 0 aliphatic carbocycles. The summed E-state index contributed by atoms with van der Waals surface area (Å²) in [7, 11) is 1.71. The molecule has 0 spiro atoms. The number of piperidine rings is 1. The van der Waals surface area contributed by atoms with Gasteiger partial charge < -0.3 is 9.47 Å². The summed E-state index contributed by atoms with van der Waals surface area (Å²) in [6, 6.07) is 16.3. The Kier molecular flexibility index (Phi) is 6.79. The Morgan fingerprint density at radius 3 is 2.35 bits per heavy atom. The maximum Gasteiger partial charge on any atom is 0.401 e. The van der Waals surface area contributed by atoms with Crippen molar-refractivity contribution < 1.29 is 18.0 Å². The van der Waals surface area contributed by atoms with E-state index in [-0.39, 0.29) is 17.4 Å². The molecule has 1 saturated heterocycles. The topological polar surface area (TPSA) is 45.6 Å². The van der Waals surface area contributed by atoms with Crippen LogP contribution >= 0.6 is 0 Å². The van der Waals surface area contributed by atoms with Crippen molar-refractivity contribution in [1.29, 1.82) is 0 Å². The number of carbonyl (C=O) groups excluding carboxylic acids is 1. The predicted octanol–water partition coefficient (Wildman–Crippen LogP) is 5.04. The van der Waals surface area contributed by atoms with Crippen molar-refractivity contribution in [3.05, 3.63) is 76.1 Å². The third kappa shape index (κ3) is 5.01. The Morgan fingerprint density at radius 1 is 1.06 bits per heavy atom. The van der Waals surface area contributed by atoms with Crippen LogP contribution in [0.25, 0.3) is 10.9 Å². The van der Waals surface area contributed by atoms with Crippen LogP contribution in [-0.4, -0.2) is 48.2 Å². The summed E-state index contributed by atoms with van der Waals surface area (Å²) in [5.41, 5.74) is 2.68. The number of nitrogens with zero attached hydrogens (tertiary/aromatic N) is 3. The van der Waals surface area contributed by atoms with Gasteiger partial charge in [-0.2, -0.15) is 13.2 Å². The van der Waals surface area contributed by atoms with Crippen LogP contribution in [0.3, 0.4) is 0 Å². The van der Waals surface area contributed by atoms with Gasteiger partial charge in [-0.3, -0.25) is 14.5 Å². The van der Waals surface area contributed by atoms with Crippen LogP contribution in [0.15, 0.2) is 59.4 Å². The molecule has 0 atom stereocenters. The van der Waals surface area contributed by atoms with Gasteiger partial charge in [0.2, 0.25) is 0 Å². The number of pyridine rings is 1.